The molecule has 0 aliphatic heterocycles. The van der Waals surface area contributed by atoms with E-state index in [1.165, 1.54) is 16.7 Å². The van der Waals surface area contributed by atoms with Crippen LogP contribution in [0.5, 0.6) is 5.75 Å². The van der Waals surface area contributed by atoms with E-state index in [4.69, 9.17) is 14.7 Å². The third kappa shape index (κ3) is 2.23. The van der Waals surface area contributed by atoms with E-state index in [2.05, 4.69) is 55.5 Å². The maximum atomic E-state index is 5.40. The van der Waals surface area contributed by atoms with E-state index < -0.39 is 5.41 Å². The first kappa shape index (κ1) is 16.7. The Morgan fingerprint density at radius 2 is 1.18 bits per heavy atom. The molecule has 1 aliphatic rings. The van der Waals surface area contributed by atoms with Crippen LogP contribution in [0.25, 0.3) is 11.4 Å². The first-order chi connectivity index (χ1) is 13.7. The van der Waals surface area contributed by atoms with Crippen LogP contribution in [0.15, 0.2) is 85.2 Å². The summed E-state index contributed by atoms with van der Waals surface area (Å²) in [7, 11) is 1.69. The van der Waals surface area contributed by atoms with E-state index >= 15 is 0 Å². The molecular weight excluding hydrogens is 344 g/mol. The highest BCUT2D eigenvalue weighted by molar-refractivity contribution is 5.81. The monoisotopic (exact) mass is 364 g/mol. The Bertz CT molecular complexity index is 1100. The SMILES string of the molecule is COc1ccc(C2(c3ccc(C)cc3)c3cccnc3-c3ncccc32)cc1. The van der Waals surface area contributed by atoms with Gasteiger partial charge in [0, 0.05) is 12.4 Å². The maximum absolute atomic E-state index is 5.40. The Balaban J connectivity index is 1.91. The second kappa shape index (κ2) is 6.31. The molecule has 0 bridgehead atoms. The topological polar surface area (TPSA) is 35.0 Å². The lowest BCUT2D eigenvalue weighted by molar-refractivity contribution is 0.414. The van der Waals surface area contributed by atoms with Crippen molar-refractivity contribution in [3.8, 4) is 17.1 Å². The Labute approximate surface area is 164 Å². The molecule has 0 spiro atoms. The van der Waals surface area contributed by atoms with E-state index in [0.29, 0.717) is 0 Å². The van der Waals surface area contributed by atoms with Crippen LogP contribution in [0.1, 0.15) is 27.8 Å². The predicted octanol–water partition coefficient (Wildman–Crippen LogP) is 5.16. The van der Waals surface area contributed by atoms with Crippen molar-refractivity contribution in [3.05, 3.63) is 113 Å². The highest BCUT2D eigenvalue weighted by atomic mass is 16.5. The number of hydrogen-bond acceptors (Lipinski definition) is 3. The fraction of sp³-hybridized carbons (Fsp3) is 0.120. The maximum Gasteiger partial charge on any atom is 0.118 e. The third-order valence-electron chi connectivity index (χ3n) is 5.66. The van der Waals surface area contributed by atoms with Gasteiger partial charge in [-0.05, 0) is 53.4 Å². The zero-order chi connectivity index (χ0) is 19.1. The number of ether oxygens (including phenoxy) is 1. The van der Waals surface area contributed by atoms with Crippen molar-refractivity contribution >= 4 is 0 Å². The molecule has 0 amide bonds. The lowest BCUT2D eigenvalue weighted by Crippen LogP contribution is -2.28. The van der Waals surface area contributed by atoms with E-state index in [-0.39, 0.29) is 0 Å². The average Bonchev–Trinajstić information content (AvgIpc) is 3.06. The van der Waals surface area contributed by atoms with Crippen molar-refractivity contribution in [2.75, 3.05) is 7.11 Å². The van der Waals surface area contributed by atoms with Gasteiger partial charge in [-0.15, -0.1) is 0 Å². The molecular formula is C25H20N2O. The van der Waals surface area contributed by atoms with Crippen LogP contribution in [0.3, 0.4) is 0 Å². The van der Waals surface area contributed by atoms with E-state index in [1.807, 2.05) is 36.7 Å². The fourth-order valence-electron chi connectivity index (χ4n) is 4.37. The van der Waals surface area contributed by atoms with Crippen molar-refractivity contribution in [1.29, 1.82) is 0 Å². The largest absolute Gasteiger partial charge is 0.497 e. The van der Waals surface area contributed by atoms with Gasteiger partial charge in [0.2, 0.25) is 0 Å². The van der Waals surface area contributed by atoms with Crippen LogP contribution in [0.2, 0.25) is 0 Å². The van der Waals surface area contributed by atoms with Gasteiger partial charge < -0.3 is 4.74 Å². The molecule has 28 heavy (non-hydrogen) atoms. The number of methoxy groups -OCH3 is 1. The van der Waals surface area contributed by atoms with Gasteiger partial charge in [0.1, 0.15) is 5.75 Å². The first-order valence-electron chi connectivity index (χ1n) is 9.38. The summed E-state index contributed by atoms with van der Waals surface area (Å²) < 4.78 is 5.40. The van der Waals surface area contributed by atoms with Gasteiger partial charge in [-0.25, -0.2) is 0 Å². The molecule has 0 atom stereocenters. The van der Waals surface area contributed by atoms with E-state index in [0.717, 1.165) is 28.3 Å². The van der Waals surface area contributed by atoms with Crippen molar-refractivity contribution in [3.63, 3.8) is 0 Å². The number of benzene rings is 2. The molecule has 5 rings (SSSR count). The highest BCUT2D eigenvalue weighted by Gasteiger charge is 2.47. The molecule has 3 heteroatoms. The van der Waals surface area contributed by atoms with Crippen LogP contribution < -0.4 is 4.74 Å². The lowest BCUT2D eigenvalue weighted by Gasteiger charge is -2.33. The molecule has 3 nitrogen and oxygen atoms in total. The molecule has 0 N–H and O–H groups in total. The highest BCUT2D eigenvalue weighted by Crippen LogP contribution is 2.54. The number of nitrogens with zero attached hydrogens (tertiary/aromatic N) is 2. The second-order valence-electron chi connectivity index (χ2n) is 7.14. The van der Waals surface area contributed by atoms with Crippen molar-refractivity contribution < 1.29 is 4.74 Å². The third-order valence-corrected chi connectivity index (χ3v) is 5.66. The fourth-order valence-corrected chi connectivity index (χ4v) is 4.37. The van der Waals surface area contributed by atoms with Crippen molar-refractivity contribution in [2.24, 2.45) is 0 Å². The molecule has 0 radical (unpaired) electrons. The smallest absolute Gasteiger partial charge is 0.118 e. The van der Waals surface area contributed by atoms with E-state index in [1.54, 1.807) is 7.11 Å². The van der Waals surface area contributed by atoms with Crippen molar-refractivity contribution in [2.45, 2.75) is 12.3 Å². The Kier molecular flexibility index (Phi) is 3.76. The van der Waals surface area contributed by atoms with Gasteiger partial charge in [0.25, 0.3) is 0 Å². The summed E-state index contributed by atoms with van der Waals surface area (Å²) in [6.45, 7) is 2.11. The first-order valence-corrected chi connectivity index (χ1v) is 9.38. The number of rotatable bonds is 3. The molecule has 2 aromatic carbocycles. The Hall–Kier alpha value is -3.46. The molecule has 136 valence electrons. The molecule has 0 saturated carbocycles. The summed E-state index contributed by atoms with van der Waals surface area (Å²) in [6.07, 6.45) is 3.69. The second-order valence-corrected chi connectivity index (χ2v) is 7.14. The van der Waals surface area contributed by atoms with E-state index in [9.17, 15) is 0 Å². The summed E-state index contributed by atoms with van der Waals surface area (Å²) in [4.78, 5) is 9.42. The van der Waals surface area contributed by atoms with Crippen LogP contribution in [-0.2, 0) is 5.41 Å². The van der Waals surface area contributed by atoms with Crippen LogP contribution >= 0.6 is 0 Å². The zero-order valence-corrected chi connectivity index (χ0v) is 15.9. The number of aromatic nitrogens is 2. The molecule has 0 saturated heterocycles. The lowest BCUT2D eigenvalue weighted by atomic mass is 9.68. The summed E-state index contributed by atoms with van der Waals surface area (Å²) in [5.41, 5.74) is 7.42. The molecule has 1 aliphatic carbocycles. The standard InChI is InChI=1S/C25H20N2O/c1-17-7-9-18(10-8-17)25(19-11-13-20(28-2)14-12-19)21-5-3-15-26-23(21)24-22(25)6-4-16-27-24/h3-16H,1-2H3. The van der Waals surface area contributed by atoms with Crippen molar-refractivity contribution in [1.82, 2.24) is 9.97 Å². The molecule has 2 aromatic heterocycles. The summed E-state index contributed by atoms with van der Waals surface area (Å²) in [5, 5.41) is 0. The molecule has 4 aromatic rings. The number of pyridine rings is 2. The van der Waals surface area contributed by atoms with Gasteiger partial charge in [-0.1, -0.05) is 54.1 Å². The molecule has 2 heterocycles. The van der Waals surface area contributed by atoms with Crippen LogP contribution in [0.4, 0.5) is 0 Å². The Morgan fingerprint density at radius 1 is 0.679 bits per heavy atom. The summed E-state index contributed by atoms with van der Waals surface area (Å²) in [6, 6.07) is 25.5. The quantitative estimate of drug-likeness (QED) is 0.444. The number of hydrogen-bond donors (Lipinski definition) is 0. The predicted molar refractivity (Wildman–Crippen MR) is 111 cm³/mol. The minimum atomic E-state index is -0.451. The minimum Gasteiger partial charge on any atom is -0.497 e. The molecule has 0 unspecified atom stereocenters. The summed E-state index contributed by atoms with van der Waals surface area (Å²) in [5.74, 6) is 0.846. The van der Waals surface area contributed by atoms with Gasteiger partial charge in [-0.3, -0.25) is 9.97 Å². The number of fused-ring (bicyclic) bond motifs is 3. The zero-order valence-electron chi connectivity index (χ0n) is 15.9. The normalized spacial score (nSPS) is 13.6. The van der Waals surface area contributed by atoms with Gasteiger partial charge in [0.15, 0.2) is 0 Å². The van der Waals surface area contributed by atoms with Crippen LogP contribution in [0, 0.1) is 6.92 Å². The number of aryl methyl sites for hydroxylation is 1. The van der Waals surface area contributed by atoms with Gasteiger partial charge in [-0.2, -0.15) is 0 Å². The van der Waals surface area contributed by atoms with Gasteiger partial charge >= 0.3 is 0 Å². The average molecular weight is 364 g/mol. The minimum absolute atomic E-state index is 0.451. The summed E-state index contributed by atoms with van der Waals surface area (Å²) >= 11 is 0. The van der Waals surface area contributed by atoms with Crippen LogP contribution in [-0.4, -0.2) is 17.1 Å². The molecule has 0 fully saturated rings. The van der Waals surface area contributed by atoms with Gasteiger partial charge in [0.05, 0.1) is 23.9 Å². The Morgan fingerprint density at radius 3 is 1.68 bits per heavy atom.